The van der Waals surface area contributed by atoms with Crippen LogP contribution in [0.1, 0.15) is 5.56 Å². The molecule has 0 atom stereocenters. The number of nitrogens with one attached hydrogen (secondary N) is 1. The Morgan fingerprint density at radius 2 is 1.88 bits per heavy atom. The first-order valence-corrected chi connectivity index (χ1v) is 8.21. The molecule has 3 rings (SSSR count). The van der Waals surface area contributed by atoms with E-state index in [1.165, 1.54) is 6.07 Å². The molecule has 0 aliphatic rings. The molecule has 2 N–H and O–H groups in total. The van der Waals surface area contributed by atoms with Gasteiger partial charge in [0.2, 0.25) is 5.43 Å². The van der Waals surface area contributed by atoms with Crippen molar-refractivity contribution in [1.82, 2.24) is 4.98 Å². The van der Waals surface area contributed by atoms with Gasteiger partial charge in [-0.2, -0.15) is 21.6 Å². The van der Waals surface area contributed by atoms with Crippen LogP contribution in [-0.2, 0) is 10.1 Å². The first-order valence-electron chi connectivity index (χ1n) is 6.80. The lowest BCUT2D eigenvalue weighted by molar-refractivity contribution is -0.0500. The van der Waals surface area contributed by atoms with Gasteiger partial charge in [0.15, 0.2) is 0 Å². The average molecular weight is 373 g/mol. The number of rotatable bonds is 2. The van der Waals surface area contributed by atoms with Gasteiger partial charge in [0, 0.05) is 17.5 Å². The molecule has 2 aromatic carbocycles. The minimum atomic E-state index is -5.90. The number of hydrogen-bond acceptors (Lipinski definition) is 5. The Balaban J connectivity index is 2.28. The molecule has 25 heavy (non-hydrogen) atoms. The average Bonchev–Trinajstić information content (AvgIpc) is 2.46. The highest BCUT2D eigenvalue weighted by Crippen LogP contribution is 2.32. The molecule has 1 aromatic heterocycles. The third-order valence-electron chi connectivity index (χ3n) is 3.58. The third kappa shape index (κ3) is 2.78. The molecule has 0 aliphatic carbocycles. The van der Waals surface area contributed by atoms with E-state index in [0.717, 1.165) is 6.07 Å². The van der Waals surface area contributed by atoms with E-state index in [2.05, 4.69) is 9.17 Å². The van der Waals surface area contributed by atoms with Gasteiger partial charge in [-0.05, 0) is 18.6 Å². The fourth-order valence-corrected chi connectivity index (χ4v) is 2.90. The van der Waals surface area contributed by atoms with E-state index in [0.29, 0.717) is 17.1 Å². The minimum absolute atomic E-state index is 0.0563. The summed E-state index contributed by atoms with van der Waals surface area (Å²) >= 11 is 0. The number of fused-ring (bicyclic) bond motifs is 2. The van der Waals surface area contributed by atoms with Crippen molar-refractivity contribution < 1.29 is 30.9 Å². The number of hydrogen-bond donors (Lipinski definition) is 2. The van der Waals surface area contributed by atoms with E-state index in [4.69, 9.17) is 0 Å². The molecule has 1 heterocycles. The lowest BCUT2D eigenvalue weighted by Gasteiger charge is -2.11. The fourth-order valence-electron chi connectivity index (χ4n) is 2.45. The molecular weight excluding hydrogens is 363 g/mol. The number of phenolic OH excluding ortho intramolecular Hbond substituents is 1. The van der Waals surface area contributed by atoms with Crippen LogP contribution in [0.25, 0.3) is 21.8 Å². The number of aromatic nitrogens is 1. The van der Waals surface area contributed by atoms with E-state index in [1.54, 1.807) is 19.1 Å². The molecule has 6 nitrogen and oxygen atoms in total. The van der Waals surface area contributed by atoms with Crippen LogP contribution >= 0.6 is 0 Å². The molecule has 0 saturated heterocycles. The summed E-state index contributed by atoms with van der Waals surface area (Å²) < 4.78 is 63.5. The normalized spacial score (nSPS) is 12.6. The number of benzene rings is 2. The first-order chi connectivity index (χ1) is 11.5. The zero-order chi connectivity index (χ0) is 18.6. The number of alkyl halides is 3. The number of halogens is 3. The monoisotopic (exact) mass is 373 g/mol. The molecule has 10 heteroatoms. The lowest BCUT2D eigenvalue weighted by Crippen LogP contribution is -2.28. The van der Waals surface area contributed by atoms with E-state index in [-0.39, 0.29) is 16.3 Å². The Morgan fingerprint density at radius 3 is 2.52 bits per heavy atom. The number of para-hydroxylation sites is 1. The largest absolute Gasteiger partial charge is 0.534 e. The second kappa shape index (κ2) is 5.38. The maximum atomic E-state index is 12.5. The van der Waals surface area contributed by atoms with Gasteiger partial charge in [-0.15, -0.1) is 0 Å². The highest BCUT2D eigenvalue weighted by atomic mass is 32.2. The molecule has 0 bridgehead atoms. The van der Waals surface area contributed by atoms with Crippen molar-refractivity contribution in [2.45, 2.75) is 12.4 Å². The molecule has 3 aromatic rings. The molecular formula is C15H10F3NO5S. The van der Waals surface area contributed by atoms with Gasteiger partial charge < -0.3 is 14.3 Å². The van der Waals surface area contributed by atoms with Crippen molar-refractivity contribution in [3.63, 3.8) is 0 Å². The van der Waals surface area contributed by atoms with Crippen LogP contribution in [0.15, 0.2) is 35.1 Å². The van der Waals surface area contributed by atoms with E-state index >= 15 is 0 Å². The van der Waals surface area contributed by atoms with Crippen molar-refractivity contribution in [2.24, 2.45) is 0 Å². The van der Waals surface area contributed by atoms with E-state index in [1.807, 2.05) is 0 Å². The molecule has 132 valence electrons. The first kappa shape index (κ1) is 17.1. The van der Waals surface area contributed by atoms with Crippen LogP contribution in [0.4, 0.5) is 13.2 Å². The highest BCUT2D eigenvalue weighted by Gasteiger charge is 2.48. The molecule has 0 aliphatic heterocycles. The predicted molar refractivity (Wildman–Crippen MR) is 84.1 cm³/mol. The van der Waals surface area contributed by atoms with Crippen LogP contribution in [0.2, 0.25) is 0 Å². The van der Waals surface area contributed by atoms with Crippen molar-refractivity contribution in [1.29, 1.82) is 0 Å². The third-order valence-corrected chi connectivity index (χ3v) is 4.56. The Bertz CT molecular complexity index is 1170. The van der Waals surface area contributed by atoms with Crippen molar-refractivity contribution >= 4 is 31.9 Å². The number of pyridine rings is 1. The Kier molecular flexibility index (Phi) is 3.68. The van der Waals surface area contributed by atoms with Gasteiger partial charge in [-0.25, -0.2) is 0 Å². The van der Waals surface area contributed by atoms with Crippen LogP contribution in [0.3, 0.4) is 0 Å². The summed E-state index contributed by atoms with van der Waals surface area (Å²) in [6, 6.07) is 6.42. The second-order valence-corrected chi connectivity index (χ2v) is 6.84. The quantitative estimate of drug-likeness (QED) is 0.409. The summed E-state index contributed by atoms with van der Waals surface area (Å²) in [5, 5.41) is 10.1. The van der Waals surface area contributed by atoms with Crippen molar-refractivity contribution in [3.8, 4) is 11.5 Å². The standard InChI is InChI=1S/C15H10F3NO5S/c1-7-3-2-4-9-13(7)19-10-5-8(6-11(20)12(10)14(9)21)24-25(22,23)15(16,17)18/h2-6,20H,1H3,(H,19,21). The molecule has 0 amide bonds. The summed E-state index contributed by atoms with van der Waals surface area (Å²) in [4.78, 5) is 15.3. The number of phenols is 1. The minimum Gasteiger partial charge on any atom is -0.507 e. The maximum absolute atomic E-state index is 12.5. The zero-order valence-electron chi connectivity index (χ0n) is 12.5. The number of H-pyrrole nitrogens is 1. The van der Waals surface area contributed by atoms with Crippen LogP contribution < -0.4 is 9.61 Å². The number of aromatic amines is 1. The van der Waals surface area contributed by atoms with Crippen LogP contribution in [0, 0.1) is 6.92 Å². The molecule has 0 radical (unpaired) electrons. The fraction of sp³-hybridized carbons (Fsp3) is 0.133. The molecule has 0 saturated carbocycles. The summed E-state index contributed by atoms with van der Waals surface area (Å²) in [5.74, 6) is -1.47. The van der Waals surface area contributed by atoms with Gasteiger partial charge in [0.25, 0.3) is 0 Å². The summed E-state index contributed by atoms with van der Waals surface area (Å²) in [7, 11) is -5.90. The molecule has 0 unspecified atom stereocenters. The van der Waals surface area contributed by atoms with Gasteiger partial charge >= 0.3 is 15.6 Å². The molecule has 0 spiro atoms. The topological polar surface area (TPSA) is 96.5 Å². The predicted octanol–water partition coefficient (Wildman–Crippen LogP) is 2.92. The van der Waals surface area contributed by atoms with Gasteiger partial charge in [-0.3, -0.25) is 4.79 Å². The van der Waals surface area contributed by atoms with Gasteiger partial charge in [0.1, 0.15) is 11.5 Å². The van der Waals surface area contributed by atoms with E-state index in [9.17, 15) is 31.5 Å². The lowest BCUT2D eigenvalue weighted by atomic mass is 10.1. The van der Waals surface area contributed by atoms with Crippen molar-refractivity contribution in [2.75, 3.05) is 0 Å². The maximum Gasteiger partial charge on any atom is 0.534 e. The Hall–Kier alpha value is -2.75. The number of aromatic hydroxyl groups is 1. The van der Waals surface area contributed by atoms with E-state index < -0.39 is 32.6 Å². The Morgan fingerprint density at radius 1 is 1.20 bits per heavy atom. The molecule has 0 fully saturated rings. The van der Waals surface area contributed by atoms with Crippen LogP contribution in [0.5, 0.6) is 11.5 Å². The van der Waals surface area contributed by atoms with Crippen LogP contribution in [-0.4, -0.2) is 24.0 Å². The summed E-state index contributed by atoms with van der Waals surface area (Å²) in [5.41, 5.74) is -5.12. The summed E-state index contributed by atoms with van der Waals surface area (Å²) in [6.07, 6.45) is 0. The second-order valence-electron chi connectivity index (χ2n) is 5.30. The highest BCUT2D eigenvalue weighted by molar-refractivity contribution is 7.88. The smallest absolute Gasteiger partial charge is 0.507 e. The Labute approximate surface area is 138 Å². The van der Waals surface area contributed by atoms with Gasteiger partial charge in [-0.1, -0.05) is 12.1 Å². The number of aryl methyl sites for hydroxylation is 1. The zero-order valence-corrected chi connectivity index (χ0v) is 13.3. The van der Waals surface area contributed by atoms with Gasteiger partial charge in [0.05, 0.1) is 16.4 Å². The summed E-state index contributed by atoms with van der Waals surface area (Å²) in [6.45, 7) is 1.71. The SMILES string of the molecule is Cc1cccc2c(=O)c3c(O)cc(OS(=O)(=O)C(F)(F)F)cc3[nH]c12. The van der Waals surface area contributed by atoms with Crippen molar-refractivity contribution in [3.05, 3.63) is 46.1 Å².